The molecule has 0 atom stereocenters. The van der Waals surface area contributed by atoms with E-state index in [-0.39, 0.29) is 22.2 Å². The van der Waals surface area contributed by atoms with Crippen molar-refractivity contribution < 1.29 is 22.6 Å². The lowest BCUT2D eigenvalue weighted by molar-refractivity contribution is -0.274. The van der Waals surface area contributed by atoms with Gasteiger partial charge in [-0.3, -0.25) is 4.98 Å². The fourth-order valence-electron chi connectivity index (χ4n) is 1.46. The summed E-state index contributed by atoms with van der Waals surface area (Å²) in [5, 5.41) is 0. The maximum Gasteiger partial charge on any atom is 0.573 e. The Hall–Kier alpha value is -2.16. The number of alkyl halides is 3. The molecule has 2 aromatic rings. The Labute approximate surface area is 116 Å². The van der Waals surface area contributed by atoms with Gasteiger partial charge in [-0.25, -0.2) is 0 Å². The number of aromatic amines is 1. The Balaban J connectivity index is 2.53. The predicted octanol–water partition coefficient (Wildman–Crippen LogP) is 3.11. The Morgan fingerprint density at radius 1 is 1.20 bits per heavy atom. The van der Waals surface area contributed by atoms with E-state index in [9.17, 15) is 13.2 Å². The number of ether oxygens (including phenoxy) is 2. The maximum atomic E-state index is 12.4. The molecule has 0 aliphatic carbocycles. The van der Waals surface area contributed by atoms with Crippen LogP contribution in [0.4, 0.5) is 13.2 Å². The topological polar surface area (TPSA) is 60.0 Å². The van der Waals surface area contributed by atoms with Crippen LogP contribution in [0.1, 0.15) is 0 Å². The third kappa shape index (κ3) is 3.44. The second kappa shape index (κ2) is 5.45. The van der Waals surface area contributed by atoms with E-state index in [4.69, 9.17) is 17.0 Å². The van der Waals surface area contributed by atoms with Gasteiger partial charge in [0.25, 0.3) is 6.01 Å². The Kier molecular flexibility index (Phi) is 3.89. The van der Waals surface area contributed by atoms with Crippen LogP contribution in [0.5, 0.6) is 11.8 Å². The molecule has 1 heterocycles. The first-order valence-corrected chi connectivity index (χ1v) is 5.67. The van der Waals surface area contributed by atoms with Gasteiger partial charge in [-0.1, -0.05) is 12.1 Å². The van der Waals surface area contributed by atoms with Gasteiger partial charge in [0, 0.05) is 0 Å². The van der Waals surface area contributed by atoms with Crippen LogP contribution in [-0.4, -0.2) is 28.4 Å². The molecule has 106 valence electrons. The minimum atomic E-state index is -4.80. The van der Waals surface area contributed by atoms with E-state index in [0.29, 0.717) is 0 Å². The molecule has 0 fully saturated rings. The first-order chi connectivity index (χ1) is 9.39. The summed E-state index contributed by atoms with van der Waals surface area (Å²) in [5.41, 5.74) is 0.0941. The molecule has 0 aliphatic rings. The number of aromatic nitrogens is 3. The number of rotatable bonds is 3. The van der Waals surface area contributed by atoms with Crippen LogP contribution in [0.3, 0.4) is 0 Å². The van der Waals surface area contributed by atoms with Gasteiger partial charge >= 0.3 is 6.36 Å². The largest absolute Gasteiger partial charge is 0.573 e. The highest BCUT2D eigenvalue weighted by Crippen LogP contribution is 2.32. The maximum absolute atomic E-state index is 12.4. The number of benzene rings is 1. The van der Waals surface area contributed by atoms with Gasteiger partial charge in [0.05, 0.1) is 12.7 Å². The highest BCUT2D eigenvalue weighted by atomic mass is 32.1. The molecule has 5 nitrogen and oxygen atoms in total. The van der Waals surface area contributed by atoms with E-state index >= 15 is 0 Å². The third-order valence-corrected chi connectivity index (χ3v) is 2.37. The van der Waals surface area contributed by atoms with E-state index in [1.165, 1.54) is 25.3 Å². The van der Waals surface area contributed by atoms with Crippen LogP contribution < -0.4 is 9.47 Å². The van der Waals surface area contributed by atoms with E-state index in [1.807, 2.05) is 0 Å². The summed E-state index contributed by atoms with van der Waals surface area (Å²) >= 11 is 4.82. The molecule has 0 saturated heterocycles. The quantitative estimate of drug-likeness (QED) is 0.883. The molecule has 0 amide bonds. The number of nitrogens with zero attached hydrogens (tertiary/aromatic N) is 2. The van der Waals surface area contributed by atoms with E-state index < -0.39 is 12.1 Å². The Bertz CT molecular complexity index is 672. The van der Waals surface area contributed by atoms with E-state index in [1.54, 1.807) is 6.07 Å². The van der Waals surface area contributed by atoms with E-state index in [0.717, 1.165) is 0 Å². The predicted molar refractivity (Wildman–Crippen MR) is 65.9 cm³/mol. The van der Waals surface area contributed by atoms with Crippen LogP contribution in [0.2, 0.25) is 0 Å². The Morgan fingerprint density at radius 2 is 1.90 bits per heavy atom. The SMILES string of the molecule is COc1nc(=S)nc(-c2ccccc2OC(F)(F)F)[nH]1. The van der Waals surface area contributed by atoms with Crippen molar-refractivity contribution in [1.82, 2.24) is 15.0 Å². The number of halogens is 3. The molecule has 1 aromatic carbocycles. The van der Waals surface area contributed by atoms with Gasteiger partial charge in [-0.15, -0.1) is 13.2 Å². The van der Waals surface area contributed by atoms with Gasteiger partial charge in [-0.05, 0) is 24.4 Å². The molecule has 0 saturated carbocycles. The van der Waals surface area contributed by atoms with Gasteiger partial charge < -0.3 is 9.47 Å². The first-order valence-electron chi connectivity index (χ1n) is 5.26. The number of para-hydroxylation sites is 1. The fourth-order valence-corrected chi connectivity index (χ4v) is 1.64. The van der Waals surface area contributed by atoms with Crippen molar-refractivity contribution in [3.8, 4) is 23.1 Å². The molecular formula is C11H8F3N3O2S. The zero-order valence-electron chi connectivity index (χ0n) is 10.1. The van der Waals surface area contributed by atoms with Crippen LogP contribution in [-0.2, 0) is 0 Å². The second-order valence-corrected chi connectivity index (χ2v) is 3.90. The molecule has 0 aliphatic heterocycles. The van der Waals surface area contributed by atoms with Crippen molar-refractivity contribution >= 4 is 12.2 Å². The highest BCUT2D eigenvalue weighted by Gasteiger charge is 2.32. The monoisotopic (exact) mass is 303 g/mol. The minimum absolute atomic E-state index is 0.0433. The normalized spacial score (nSPS) is 11.2. The van der Waals surface area contributed by atoms with Gasteiger partial charge in [0.1, 0.15) is 11.6 Å². The Morgan fingerprint density at radius 3 is 2.55 bits per heavy atom. The molecule has 0 unspecified atom stereocenters. The van der Waals surface area contributed by atoms with Crippen LogP contribution >= 0.6 is 12.2 Å². The van der Waals surface area contributed by atoms with E-state index in [2.05, 4.69) is 19.7 Å². The molecule has 0 radical (unpaired) electrons. The summed E-state index contributed by atoms with van der Waals surface area (Å²) < 4.78 is 45.8. The minimum Gasteiger partial charge on any atom is -0.468 e. The summed E-state index contributed by atoms with van der Waals surface area (Å²) in [5.74, 6) is -0.326. The first kappa shape index (κ1) is 14.3. The second-order valence-electron chi connectivity index (χ2n) is 3.53. The molecule has 0 bridgehead atoms. The van der Waals surface area contributed by atoms with Gasteiger partial charge in [0.15, 0.2) is 0 Å². The van der Waals surface area contributed by atoms with Crippen molar-refractivity contribution in [2.75, 3.05) is 7.11 Å². The van der Waals surface area contributed by atoms with Crippen molar-refractivity contribution in [1.29, 1.82) is 0 Å². The number of hydrogen-bond donors (Lipinski definition) is 1. The third-order valence-electron chi connectivity index (χ3n) is 2.19. The van der Waals surface area contributed by atoms with Crippen molar-refractivity contribution in [3.05, 3.63) is 29.0 Å². The molecular weight excluding hydrogens is 295 g/mol. The molecule has 20 heavy (non-hydrogen) atoms. The summed E-state index contributed by atoms with van der Waals surface area (Å²) in [6.45, 7) is 0. The zero-order chi connectivity index (χ0) is 14.8. The summed E-state index contributed by atoms with van der Waals surface area (Å²) in [6, 6.07) is 5.59. The van der Waals surface area contributed by atoms with Crippen molar-refractivity contribution in [3.63, 3.8) is 0 Å². The van der Waals surface area contributed by atoms with Gasteiger partial charge in [0.2, 0.25) is 4.77 Å². The molecule has 0 spiro atoms. The van der Waals surface area contributed by atoms with Crippen molar-refractivity contribution in [2.24, 2.45) is 0 Å². The number of methoxy groups -OCH3 is 1. The standard InChI is InChI=1S/C11H8F3N3O2S/c1-18-9-15-8(16-10(20)17-9)6-4-2-3-5-7(6)19-11(12,13)14/h2-5H,1H3,(H,15,16,17,20). The molecule has 2 rings (SSSR count). The number of H-pyrrole nitrogens is 1. The average molecular weight is 303 g/mol. The lowest BCUT2D eigenvalue weighted by Gasteiger charge is -2.12. The van der Waals surface area contributed by atoms with Crippen LogP contribution in [0.15, 0.2) is 24.3 Å². The summed E-state index contributed by atoms with van der Waals surface area (Å²) in [6.07, 6.45) is -4.80. The van der Waals surface area contributed by atoms with Crippen LogP contribution in [0, 0.1) is 4.77 Å². The van der Waals surface area contributed by atoms with Gasteiger partial charge in [-0.2, -0.15) is 9.97 Å². The molecule has 9 heteroatoms. The summed E-state index contributed by atoms with van der Waals surface area (Å²) in [4.78, 5) is 10.2. The van der Waals surface area contributed by atoms with Crippen molar-refractivity contribution in [2.45, 2.75) is 6.36 Å². The average Bonchev–Trinajstić information content (AvgIpc) is 2.36. The zero-order valence-corrected chi connectivity index (χ0v) is 10.9. The fraction of sp³-hybridized carbons (Fsp3) is 0.182. The number of nitrogens with one attached hydrogen (secondary N) is 1. The lowest BCUT2D eigenvalue weighted by atomic mass is 10.2. The highest BCUT2D eigenvalue weighted by molar-refractivity contribution is 7.71. The lowest BCUT2D eigenvalue weighted by Crippen LogP contribution is -2.17. The van der Waals surface area contributed by atoms with Crippen LogP contribution in [0.25, 0.3) is 11.4 Å². The molecule has 1 N–H and O–H groups in total. The number of hydrogen-bond acceptors (Lipinski definition) is 5. The molecule has 1 aromatic heterocycles. The smallest absolute Gasteiger partial charge is 0.468 e. The summed E-state index contributed by atoms with van der Waals surface area (Å²) in [7, 11) is 1.34.